The summed E-state index contributed by atoms with van der Waals surface area (Å²) in [5.74, 6) is -2.55. The van der Waals surface area contributed by atoms with Crippen LogP contribution in [0.3, 0.4) is 0 Å². The third-order valence-electron chi connectivity index (χ3n) is 6.18. The highest BCUT2D eigenvalue weighted by molar-refractivity contribution is 5.86. The minimum absolute atomic E-state index is 0.0127. The van der Waals surface area contributed by atoms with Gasteiger partial charge >= 0.3 is 17.9 Å². The van der Waals surface area contributed by atoms with Gasteiger partial charge < -0.3 is 19.5 Å². The van der Waals surface area contributed by atoms with Crippen molar-refractivity contribution in [3.05, 3.63) is 108 Å². The summed E-state index contributed by atoms with van der Waals surface area (Å²) in [6.07, 6.45) is 0.220. The van der Waals surface area contributed by atoms with Crippen molar-refractivity contribution in [2.45, 2.75) is 58.5 Å². The highest BCUT2D eigenvalue weighted by atomic mass is 16.5. The van der Waals surface area contributed by atoms with E-state index < -0.39 is 35.8 Å². The summed E-state index contributed by atoms with van der Waals surface area (Å²) in [6.45, 7) is 1.98. The van der Waals surface area contributed by atoms with Crippen LogP contribution in [-0.4, -0.2) is 29.9 Å². The van der Waals surface area contributed by atoms with Crippen LogP contribution < -0.4 is 5.32 Å². The van der Waals surface area contributed by atoms with Gasteiger partial charge in [0.1, 0.15) is 25.9 Å². The van der Waals surface area contributed by atoms with Crippen molar-refractivity contribution in [2.75, 3.05) is 0 Å². The number of benzene rings is 3. The standard InChI is InChI=1S/C32H35NO7/c1-24(17-19-29(34)38-21-25-11-5-2-6-12-25)31(36)33-28(32(37)40-23-27-15-9-4-10-16-27)18-20-30(35)39-22-26-13-7-3-8-14-26/h2-16,24,28H,17-23H2,1H3,(H,33,36)/t24-,28-/m0/s1. The predicted octanol–water partition coefficient (Wildman–Crippen LogP) is 4.90. The second-order valence-electron chi connectivity index (χ2n) is 9.43. The number of rotatable bonds is 15. The van der Waals surface area contributed by atoms with E-state index in [1.807, 2.05) is 91.0 Å². The molecule has 3 aromatic carbocycles. The van der Waals surface area contributed by atoms with Crippen LogP contribution in [0.15, 0.2) is 91.0 Å². The van der Waals surface area contributed by atoms with Gasteiger partial charge in [-0.15, -0.1) is 0 Å². The molecule has 0 aromatic heterocycles. The van der Waals surface area contributed by atoms with Gasteiger partial charge in [-0.2, -0.15) is 0 Å². The molecule has 0 aliphatic carbocycles. The zero-order valence-corrected chi connectivity index (χ0v) is 22.6. The summed E-state index contributed by atoms with van der Waals surface area (Å²) >= 11 is 0. The van der Waals surface area contributed by atoms with Crippen LogP contribution in [0.1, 0.15) is 49.3 Å². The summed E-state index contributed by atoms with van der Waals surface area (Å²) < 4.78 is 16.0. The number of carbonyl (C=O) groups excluding carboxylic acids is 4. The largest absolute Gasteiger partial charge is 0.461 e. The second-order valence-corrected chi connectivity index (χ2v) is 9.43. The SMILES string of the molecule is C[C@@H](CCC(=O)OCc1ccccc1)C(=O)N[C@@H](CCC(=O)OCc1ccccc1)C(=O)OCc1ccccc1. The molecule has 0 spiro atoms. The summed E-state index contributed by atoms with van der Waals surface area (Å²) in [4.78, 5) is 50.3. The Hall–Kier alpha value is -4.46. The molecule has 8 heteroatoms. The maximum atomic E-state index is 12.9. The van der Waals surface area contributed by atoms with Gasteiger partial charge in [0.05, 0.1) is 0 Å². The van der Waals surface area contributed by atoms with Gasteiger partial charge in [-0.25, -0.2) is 4.79 Å². The molecule has 2 atom stereocenters. The molecule has 8 nitrogen and oxygen atoms in total. The number of esters is 3. The fourth-order valence-electron chi connectivity index (χ4n) is 3.74. The Bertz CT molecular complexity index is 1220. The van der Waals surface area contributed by atoms with Gasteiger partial charge in [-0.05, 0) is 29.5 Å². The number of ether oxygens (including phenoxy) is 3. The molecule has 0 saturated carbocycles. The number of carbonyl (C=O) groups is 4. The average Bonchev–Trinajstić information content (AvgIpc) is 3.00. The minimum Gasteiger partial charge on any atom is -0.461 e. The first-order valence-electron chi connectivity index (χ1n) is 13.3. The van der Waals surface area contributed by atoms with E-state index in [-0.39, 0.29) is 45.5 Å². The molecular formula is C32H35NO7. The first kappa shape index (κ1) is 30.1. The van der Waals surface area contributed by atoms with Gasteiger partial charge in [0, 0.05) is 18.8 Å². The maximum absolute atomic E-state index is 12.9. The minimum atomic E-state index is -1.05. The average molecular weight is 546 g/mol. The van der Waals surface area contributed by atoms with E-state index in [0.29, 0.717) is 0 Å². The molecule has 0 saturated heterocycles. The molecule has 0 aliphatic heterocycles. The molecule has 3 rings (SSSR count). The van der Waals surface area contributed by atoms with Crippen LogP contribution in [0, 0.1) is 5.92 Å². The molecular weight excluding hydrogens is 510 g/mol. The van der Waals surface area contributed by atoms with Crippen molar-refractivity contribution >= 4 is 23.8 Å². The van der Waals surface area contributed by atoms with Crippen LogP contribution in [0.2, 0.25) is 0 Å². The summed E-state index contributed by atoms with van der Waals surface area (Å²) in [5.41, 5.74) is 2.52. The van der Waals surface area contributed by atoms with Crippen molar-refractivity contribution < 1.29 is 33.4 Å². The van der Waals surface area contributed by atoms with Crippen LogP contribution in [-0.2, 0) is 53.2 Å². The van der Waals surface area contributed by atoms with E-state index in [4.69, 9.17) is 14.2 Å². The molecule has 210 valence electrons. The lowest BCUT2D eigenvalue weighted by Crippen LogP contribution is -2.44. The lowest BCUT2D eigenvalue weighted by molar-refractivity contribution is -0.151. The zero-order valence-electron chi connectivity index (χ0n) is 22.6. The molecule has 0 aliphatic rings. The van der Waals surface area contributed by atoms with Gasteiger partial charge in [-0.3, -0.25) is 14.4 Å². The third kappa shape index (κ3) is 11.1. The maximum Gasteiger partial charge on any atom is 0.328 e. The molecule has 1 amide bonds. The zero-order chi connectivity index (χ0) is 28.6. The number of hydrogen-bond acceptors (Lipinski definition) is 7. The summed E-state index contributed by atoms with van der Waals surface area (Å²) in [7, 11) is 0. The third-order valence-corrected chi connectivity index (χ3v) is 6.18. The molecule has 0 bridgehead atoms. The van der Waals surface area contributed by atoms with Crippen LogP contribution in [0.25, 0.3) is 0 Å². The smallest absolute Gasteiger partial charge is 0.328 e. The van der Waals surface area contributed by atoms with Crippen molar-refractivity contribution in [3.8, 4) is 0 Å². The quantitative estimate of drug-likeness (QED) is 0.214. The highest BCUT2D eigenvalue weighted by Crippen LogP contribution is 2.12. The van der Waals surface area contributed by atoms with E-state index in [0.717, 1.165) is 16.7 Å². The monoisotopic (exact) mass is 545 g/mol. The van der Waals surface area contributed by atoms with Crippen molar-refractivity contribution in [3.63, 3.8) is 0 Å². The van der Waals surface area contributed by atoms with Crippen molar-refractivity contribution in [1.82, 2.24) is 5.32 Å². The van der Waals surface area contributed by atoms with Crippen LogP contribution in [0.5, 0.6) is 0 Å². The Morgan fingerprint density at radius 3 is 1.45 bits per heavy atom. The predicted molar refractivity (Wildman–Crippen MR) is 148 cm³/mol. The highest BCUT2D eigenvalue weighted by Gasteiger charge is 2.26. The Morgan fingerprint density at radius 2 is 1.00 bits per heavy atom. The molecule has 40 heavy (non-hydrogen) atoms. The van der Waals surface area contributed by atoms with Crippen LogP contribution >= 0.6 is 0 Å². The Kier molecular flexibility index (Phi) is 12.4. The lowest BCUT2D eigenvalue weighted by atomic mass is 10.0. The Labute approximate surface area is 234 Å². The second kappa shape index (κ2) is 16.5. The molecule has 1 N–H and O–H groups in total. The number of amides is 1. The first-order chi connectivity index (χ1) is 19.4. The fourth-order valence-corrected chi connectivity index (χ4v) is 3.74. The Morgan fingerprint density at radius 1 is 0.600 bits per heavy atom. The Balaban J connectivity index is 1.50. The topological polar surface area (TPSA) is 108 Å². The van der Waals surface area contributed by atoms with Crippen LogP contribution in [0.4, 0.5) is 0 Å². The van der Waals surface area contributed by atoms with Gasteiger partial charge in [0.15, 0.2) is 0 Å². The lowest BCUT2D eigenvalue weighted by Gasteiger charge is -2.20. The molecule has 3 aromatic rings. The summed E-state index contributed by atoms with van der Waals surface area (Å²) in [5, 5.41) is 2.69. The normalized spacial score (nSPS) is 12.0. The van der Waals surface area contributed by atoms with Crippen molar-refractivity contribution in [2.24, 2.45) is 5.92 Å². The van der Waals surface area contributed by atoms with Gasteiger partial charge in [-0.1, -0.05) is 97.9 Å². The first-order valence-corrected chi connectivity index (χ1v) is 13.3. The summed E-state index contributed by atoms with van der Waals surface area (Å²) in [6, 6.07) is 26.7. The van der Waals surface area contributed by atoms with E-state index in [1.165, 1.54) is 0 Å². The van der Waals surface area contributed by atoms with E-state index >= 15 is 0 Å². The fraction of sp³-hybridized carbons (Fsp3) is 0.312. The van der Waals surface area contributed by atoms with E-state index in [9.17, 15) is 19.2 Å². The van der Waals surface area contributed by atoms with Gasteiger partial charge in [0.2, 0.25) is 5.91 Å². The van der Waals surface area contributed by atoms with E-state index in [2.05, 4.69) is 5.32 Å². The van der Waals surface area contributed by atoms with E-state index in [1.54, 1.807) is 6.92 Å². The molecule has 0 fully saturated rings. The molecule has 0 unspecified atom stereocenters. The number of hydrogen-bond donors (Lipinski definition) is 1. The molecule has 0 heterocycles. The van der Waals surface area contributed by atoms with Gasteiger partial charge in [0.25, 0.3) is 0 Å². The number of nitrogens with one attached hydrogen (secondary N) is 1. The molecule has 0 radical (unpaired) electrons. The van der Waals surface area contributed by atoms with Crippen molar-refractivity contribution in [1.29, 1.82) is 0 Å².